The van der Waals surface area contributed by atoms with Crippen LogP contribution < -0.4 is 5.43 Å². The van der Waals surface area contributed by atoms with Gasteiger partial charge in [0.1, 0.15) is 11.3 Å². The maximum absolute atomic E-state index is 11.9. The third-order valence-electron chi connectivity index (χ3n) is 2.69. The topological polar surface area (TPSA) is 30.2 Å². The van der Waals surface area contributed by atoms with Crippen LogP contribution in [0.1, 0.15) is 0 Å². The first-order chi connectivity index (χ1) is 8.34. The van der Waals surface area contributed by atoms with Crippen molar-refractivity contribution >= 4 is 11.0 Å². The Morgan fingerprint density at radius 1 is 0.833 bits per heavy atom. The van der Waals surface area contributed by atoms with Crippen LogP contribution in [0.5, 0.6) is 0 Å². The molecule has 18 heavy (non-hydrogen) atoms. The van der Waals surface area contributed by atoms with Crippen LogP contribution in [0.15, 0.2) is 69.9 Å². The summed E-state index contributed by atoms with van der Waals surface area (Å²) in [5, 5.41) is 0.618. The zero-order valence-electron chi connectivity index (χ0n) is 9.44. The number of fused-ring (bicyclic) bond motifs is 1. The molecule has 3 rings (SSSR count). The van der Waals surface area contributed by atoms with E-state index in [1.807, 2.05) is 48.5 Å². The Hall–Kier alpha value is -1.83. The minimum absolute atomic E-state index is 0. The van der Waals surface area contributed by atoms with Gasteiger partial charge in [-0.3, -0.25) is 4.79 Å². The zero-order chi connectivity index (χ0) is 11.7. The van der Waals surface area contributed by atoms with Gasteiger partial charge in [0.2, 0.25) is 0 Å². The maximum atomic E-state index is 11.9. The first kappa shape index (κ1) is 12.6. The van der Waals surface area contributed by atoms with E-state index in [0.29, 0.717) is 16.7 Å². The Morgan fingerprint density at radius 3 is 2.28 bits per heavy atom. The molecule has 1 heterocycles. The average Bonchev–Trinajstić information content (AvgIpc) is 2.40. The molecule has 0 amide bonds. The van der Waals surface area contributed by atoms with Crippen molar-refractivity contribution in [2.24, 2.45) is 0 Å². The van der Waals surface area contributed by atoms with Crippen molar-refractivity contribution in [3.05, 3.63) is 70.9 Å². The van der Waals surface area contributed by atoms with Crippen LogP contribution >= 0.6 is 0 Å². The standard InChI is InChI=1S/C15H10O2.Fe/c16-13-10-15(11-6-2-1-3-7-11)17-14-9-5-4-8-12(13)14;/h1-10H;. The summed E-state index contributed by atoms with van der Waals surface area (Å²) in [6, 6.07) is 18.4. The maximum Gasteiger partial charge on any atom is 0.193 e. The summed E-state index contributed by atoms with van der Waals surface area (Å²) in [5.41, 5.74) is 1.53. The van der Waals surface area contributed by atoms with Crippen LogP contribution in [0.4, 0.5) is 0 Å². The van der Waals surface area contributed by atoms with Crippen molar-refractivity contribution in [1.82, 2.24) is 0 Å². The summed E-state index contributed by atoms with van der Waals surface area (Å²) in [6.07, 6.45) is 0. The van der Waals surface area contributed by atoms with Gasteiger partial charge < -0.3 is 4.42 Å². The molecule has 1 aromatic heterocycles. The molecular formula is C15H10FeO2. The van der Waals surface area contributed by atoms with E-state index in [1.165, 1.54) is 6.07 Å². The Labute approximate surface area is 115 Å². The fourth-order valence-corrected chi connectivity index (χ4v) is 1.85. The predicted octanol–water partition coefficient (Wildman–Crippen LogP) is 3.46. The SMILES string of the molecule is O=c1cc(-c2ccccc2)oc2ccccc12.[Fe]. The van der Waals surface area contributed by atoms with Crippen molar-refractivity contribution in [2.75, 3.05) is 0 Å². The zero-order valence-corrected chi connectivity index (χ0v) is 10.5. The molecule has 0 aliphatic heterocycles. The second-order valence-electron chi connectivity index (χ2n) is 3.84. The van der Waals surface area contributed by atoms with Crippen LogP contribution in [0.25, 0.3) is 22.3 Å². The minimum Gasteiger partial charge on any atom is -0.456 e. The Morgan fingerprint density at radius 2 is 1.50 bits per heavy atom. The molecule has 0 saturated carbocycles. The molecule has 0 fully saturated rings. The van der Waals surface area contributed by atoms with E-state index < -0.39 is 0 Å². The molecule has 0 saturated heterocycles. The van der Waals surface area contributed by atoms with Crippen molar-refractivity contribution < 1.29 is 21.5 Å². The first-order valence-corrected chi connectivity index (χ1v) is 5.43. The second-order valence-corrected chi connectivity index (χ2v) is 3.84. The van der Waals surface area contributed by atoms with Crippen LogP contribution in [0.2, 0.25) is 0 Å². The van der Waals surface area contributed by atoms with Crippen LogP contribution in [-0.2, 0) is 17.1 Å². The molecule has 3 aromatic rings. The average molecular weight is 278 g/mol. The number of hydrogen-bond acceptors (Lipinski definition) is 2. The van der Waals surface area contributed by atoms with Crippen molar-refractivity contribution in [3.63, 3.8) is 0 Å². The molecule has 0 aliphatic carbocycles. The third kappa shape index (κ3) is 2.23. The van der Waals surface area contributed by atoms with E-state index in [1.54, 1.807) is 6.07 Å². The molecule has 0 aliphatic rings. The normalized spacial score (nSPS) is 10.0. The quantitative estimate of drug-likeness (QED) is 0.638. The van der Waals surface area contributed by atoms with Crippen LogP contribution in [0.3, 0.4) is 0 Å². The van der Waals surface area contributed by atoms with E-state index in [9.17, 15) is 4.79 Å². The molecule has 2 aromatic carbocycles. The van der Waals surface area contributed by atoms with Crippen molar-refractivity contribution in [3.8, 4) is 11.3 Å². The molecule has 0 radical (unpaired) electrons. The van der Waals surface area contributed by atoms with Gasteiger partial charge in [0, 0.05) is 28.7 Å². The monoisotopic (exact) mass is 278 g/mol. The summed E-state index contributed by atoms with van der Waals surface area (Å²) in [4.78, 5) is 11.9. The van der Waals surface area contributed by atoms with E-state index in [-0.39, 0.29) is 22.5 Å². The Balaban J connectivity index is 0.00000120. The molecule has 0 spiro atoms. The minimum atomic E-state index is -0.00861. The number of para-hydroxylation sites is 1. The van der Waals surface area contributed by atoms with Gasteiger partial charge >= 0.3 is 0 Å². The fourth-order valence-electron chi connectivity index (χ4n) is 1.85. The van der Waals surface area contributed by atoms with Gasteiger partial charge in [0.15, 0.2) is 5.43 Å². The summed E-state index contributed by atoms with van der Waals surface area (Å²) in [5.74, 6) is 0.606. The summed E-state index contributed by atoms with van der Waals surface area (Å²) in [7, 11) is 0. The molecule has 0 atom stereocenters. The molecular weight excluding hydrogens is 268 g/mol. The van der Waals surface area contributed by atoms with Crippen LogP contribution in [0, 0.1) is 0 Å². The van der Waals surface area contributed by atoms with E-state index in [2.05, 4.69) is 0 Å². The summed E-state index contributed by atoms with van der Waals surface area (Å²) in [6.45, 7) is 0. The van der Waals surface area contributed by atoms with Crippen molar-refractivity contribution in [2.45, 2.75) is 0 Å². The number of rotatable bonds is 1. The molecule has 90 valence electrons. The van der Waals surface area contributed by atoms with Gasteiger partial charge in [-0.05, 0) is 12.1 Å². The Kier molecular flexibility index (Phi) is 3.66. The van der Waals surface area contributed by atoms with E-state index in [0.717, 1.165) is 5.56 Å². The summed E-state index contributed by atoms with van der Waals surface area (Å²) >= 11 is 0. The van der Waals surface area contributed by atoms with E-state index >= 15 is 0 Å². The molecule has 0 unspecified atom stereocenters. The molecule has 3 heteroatoms. The van der Waals surface area contributed by atoms with Gasteiger partial charge in [-0.25, -0.2) is 0 Å². The fraction of sp³-hybridized carbons (Fsp3) is 0. The Bertz CT molecular complexity index is 717. The molecule has 0 bridgehead atoms. The van der Waals surface area contributed by atoms with Gasteiger partial charge in [-0.2, -0.15) is 0 Å². The largest absolute Gasteiger partial charge is 0.456 e. The van der Waals surface area contributed by atoms with Gasteiger partial charge in [-0.1, -0.05) is 42.5 Å². The smallest absolute Gasteiger partial charge is 0.193 e. The van der Waals surface area contributed by atoms with Crippen molar-refractivity contribution in [1.29, 1.82) is 0 Å². The van der Waals surface area contributed by atoms with E-state index in [4.69, 9.17) is 4.42 Å². The first-order valence-electron chi connectivity index (χ1n) is 5.43. The number of hydrogen-bond donors (Lipinski definition) is 0. The molecule has 2 nitrogen and oxygen atoms in total. The predicted molar refractivity (Wildman–Crippen MR) is 67.9 cm³/mol. The van der Waals surface area contributed by atoms with Gasteiger partial charge in [0.25, 0.3) is 0 Å². The van der Waals surface area contributed by atoms with Crippen LogP contribution in [-0.4, -0.2) is 0 Å². The van der Waals surface area contributed by atoms with Gasteiger partial charge in [-0.15, -0.1) is 0 Å². The van der Waals surface area contributed by atoms with Gasteiger partial charge in [0.05, 0.1) is 5.39 Å². The number of benzene rings is 2. The third-order valence-corrected chi connectivity index (χ3v) is 2.69. The molecule has 0 N–H and O–H groups in total. The summed E-state index contributed by atoms with van der Waals surface area (Å²) < 4.78 is 5.73. The second kappa shape index (κ2) is 5.21.